The van der Waals surface area contributed by atoms with Crippen LogP contribution >= 0.6 is 27.3 Å². The van der Waals surface area contributed by atoms with E-state index in [1.807, 2.05) is 18.2 Å². The van der Waals surface area contributed by atoms with Gasteiger partial charge in [-0.3, -0.25) is 0 Å². The molecular weight excluding hydrogens is 338 g/mol. The van der Waals surface area contributed by atoms with Crippen LogP contribution in [0.2, 0.25) is 0 Å². The maximum Gasteiger partial charge on any atom is 0.323 e. The van der Waals surface area contributed by atoms with E-state index in [-0.39, 0.29) is 11.7 Å². The number of halogens is 1. The van der Waals surface area contributed by atoms with Crippen LogP contribution in [0.25, 0.3) is 11.0 Å². The van der Waals surface area contributed by atoms with Gasteiger partial charge in [0.2, 0.25) is 0 Å². The Morgan fingerprint density at radius 1 is 1.30 bits per heavy atom. The Hall–Kier alpha value is -1.37. The Labute approximate surface area is 128 Å². The lowest BCUT2D eigenvalue weighted by Gasteiger charge is -2.13. The van der Waals surface area contributed by atoms with Crippen LogP contribution in [0.1, 0.15) is 24.1 Å². The molecule has 0 fully saturated rings. The number of aromatic amines is 2. The van der Waals surface area contributed by atoms with Gasteiger partial charge in [-0.25, -0.2) is 4.79 Å². The van der Waals surface area contributed by atoms with Crippen LogP contribution in [0.4, 0.5) is 0 Å². The number of rotatable bonds is 4. The van der Waals surface area contributed by atoms with Crippen LogP contribution < -0.4 is 11.0 Å². The molecule has 2 aromatic heterocycles. The Kier molecular flexibility index (Phi) is 3.78. The van der Waals surface area contributed by atoms with Gasteiger partial charge in [-0.05, 0) is 57.6 Å². The summed E-state index contributed by atoms with van der Waals surface area (Å²) in [7, 11) is 0. The molecule has 1 aromatic carbocycles. The number of hydrogen-bond acceptors (Lipinski definition) is 3. The average molecular weight is 352 g/mol. The second-order valence-electron chi connectivity index (χ2n) is 4.75. The average Bonchev–Trinajstić information content (AvgIpc) is 2.99. The van der Waals surface area contributed by atoms with Crippen molar-refractivity contribution >= 4 is 38.3 Å². The molecule has 0 aliphatic rings. The number of imidazole rings is 1. The fourth-order valence-electron chi connectivity index (χ4n) is 2.15. The third-order valence-corrected chi connectivity index (χ3v) is 4.83. The molecule has 1 atom stereocenters. The Morgan fingerprint density at radius 2 is 2.10 bits per heavy atom. The minimum atomic E-state index is -0.166. The Morgan fingerprint density at radius 3 is 2.85 bits per heavy atom. The highest BCUT2D eigenvalue weighted by atomic mass is 79.9. The van der Waals surface area contributed by atoms with E-state index in [2.05, 4.69) is 49.6 Å². The fourth-order valence-corrected chi connectivity index (χ4v) is 3.36. The van der Waals surface area contributed by atoms with E-state index in [4.69, 9.17) is 0 Å². The molecule has 2 heterocycles. The number of fused-ring (bicyclic) bond motifs is 1. The number of thiophene rings is 1. The van der Waals surface area contributed by atoms with Gasteiger partial charge in [0.15, 0.2) is 0 Å². The lowest BCUT2D eigenvalue weighted by Crippen LogP contribution is -2.17. The van der Waals surface area contributed by atoms with Crippen LogP contribution in [-0.4, -0.2) is 9.97 Å². The zero-order valence-corrected chi connectivity index (χ0v) is 13.3. The van der Waals surface area contributed by atoms with Gasteiger partial charge in [0.1, 0.15) is 0 Å². The van der Waals surface area contributed by atoms with Crippen LogP contribution in [-0.2, 0) is 6.54 Å². The Bertz CT molecular complexity index is 789. The molecule has 0 aliphatic carbocycles. The summed E-state index contributed by atoms with van der Waals surface area (Å²) < 4.78 is 1.15. The van der Waals surface area contributed by atoms with E-state index >= 15 is 0 Å². The number of H-pyrrole nitrogens is 2. The van der Waals surface area contributed by atoms with Crippen molar-refractivity contribution in [3.05, 3.63) is 55.0 Å². The molecule has 0 saturated carbocycles. The molecule has 0 amide bonds. The molecule has 0 radical (unpaired) electrons. The number of benzene rings is 1. The van der Waals surface area contributed by atoms with Crippen molar-refractivity contribution in [3.8, 4) is 0 Å². The molecule has 0 aliphatic heterocycles. The zero-order chi connectivity index (χ0) is 14.1. The Balaban J connectivity index is 1.74. The van der Waals surface area contributed by atoms with Crippen molar-refractivity contribution in [2.75, 3.05) is 0 Å². The summed E-state index contributed by atoms with van der Waals surface area (Å²) in [5.74, 6) is 0. The molecule has 1 unspecified atom stereocenters. The maximum atomic E-state index is 11.3. The second-order valence-corrected chi connectivity index (χ2v) is 7.04. The maximum absolute atomic E-state index is 11.3. The topological polar surface area (TPSA) is 60.7 Å². The summed E-state index contributed by atoms with van der Waals surface area (Å²) in [4.78, 5) is 16.8. The first kappa shape index (κ1) is 13.6. The fraction of sp³-hybridized carbons (Fsp3) is 0.214. The molecular formula is C14H14BrN3OS. The van der Waals surface area contributed by atoms with Crippen LogP contribution in [0.3, 0.4) is 0 Å². The highest BCUT2D eigenvalue weighted by Crippen LogP contribution is 2.22. The first-order chi connectivity index (χ1) is 9.61. The smallest absolute Gasteiger partial charge is 0.306 e. The van der Waals surface area contributed by atoms with Crippen molar-refractivity contribution in [1.29, 1.82) is 0 Å². The van der Waals surface area contributed by atoms with E-state index in [0.717, 1.165) is 26.9 Å². The lowest BCUT2D eigenvalue weighted by atomic mass is 10.1. The minimum Gasteiger partial charge on any atom is -0.306 e. The first-order valence-corrected chi connectivity index (χ1v) is 7.97. The largest absolute Gasteiger partial charge is 0.323 e. The quantitative estimate of drug-likeness (QED) is 0.673. The van der Waals surface area contributed by atoms with E-state index < -0.39 is 0 Å². The highest BCUT2D eigenvalue weighted by Gasteiger charge is 2.07. The summed E-state index contributed by atoms with van der Waals surface area (Å²) in [6, 6.07) is 8.32. The van der Waals surface area contributed by atoms with Gasteiger partial charge in [0, 0.05) is 12.6 Å². The minimum absolute atomic E-state index is 0.166. The third-order valence-electron chi connectivity index (χ3n) is 3.27. The first-order valence-electron chi connectivity index (χ1n) is 6.30. The van der Waals surface area contributed by atoms with Gasteiger partial charge in [0.25, 0.3) is 0 Å². The van der Waals surface area contributed by atoms with Crippen molar-refractivity contribution in [3.63, 3.8) is 0 Å². The van der Waals surface area contributed by atoms with Crippen molar-refractivity contribution in [2.45, 2.75) is 19.5 Å². The molecule has 0 saturated heterocycles. The van der Waals surface area contributed by atoms with Crippen molar-refractivity contribution in [2.24, 2.45) is 0 Å². The molecule has 104 valence electrons. The van der Waals surface area contributed by atoms with Crippen LogP contribution in [0.15, 0.2) is 38.2 Å². The summed E-state index contributed by atoms with van der Waals surface area (Å²) >= 11 is 5.16. The van der Waals surface area contributed by atoms with Gasteiger partial charge in [-0.2, -0.15) is 0 Å². The van der Waals surface area contributed by atoms with Crippen molar-refractivity contribution in [1.82, 2.24) is 15.3 Å². The van der Waals surface area contributed by atoms with E-state index in [1.165, 1.54) is 5.56 Å². The van der Waals surface area contributed by atoms with Crippen LogP contribution in [0.5, 0.6) is 0 Å². The summed E-state index contributed by atoms with van der Waals surface area (Å²) in [5.41, 5.74) is 3.94. The van der Waals surface area contributed by atoms with Crippen LogP contribution in [0, 0.1) is 0 Å². The molecule has 20 heavy (non-hydrogen) atoms. The SMILES string of the molecule is CC(NCc1csc(Br)c1)c1ccc2[nH]c(=O)[nH]c2c1. The van der Waals surface area contributed by atoms with Gasteiger partial charge in [0.05, 0.1) is 14.8 Å². The van der Waals surface area contributed by atoms with Gasteiger partial charge in [-0.15, -0.1) is 11.3 Å². The monoisotopic (exact) mass is 351 g/mol. The second kappa shape index (κ2) is 5.55. The van der Waals surface area contributed by atoms with Gasteiger partial charge in [-0.1, -0.05) is 6.07 Å². The van der Waals surface area contributed by atoms with E-state index in [9.17, 15) is 4.79 Å². The normalized spacial score (nSPS) is 12.9. The summed E-state index contributed by atoms with van der Waals surface area (Å²) in [6.45, 7) is 2.94. The van der Waals surface area contributed by atoms with Crippen molar-refractivity contribution < 1.29 is 0 Å². The third kappa shape index (κ3) is 2.87. The predicted molar refractivity (Wildman–Crippen MR) is 86.2 cm³/mol. The van der Waals surface area contributed by atoms with Gasteiger partial charge < -0.3 is 15.3 Å². The standard InChI is InChI=1S/C14H14BrN3OS/c1-8(16-6-9-4-13(15)20-7-9)10-2-3-11-12(5-10)18-14(19)17-11/h2-5,7-8,16H,6H2,1H3,(H2,17,18,19). The van der Waals surface area contributed by atoms with E-state index in [1.54, 1.807) is 11.3 Å². The molecule has 0 bridgehead atoms. The van der Waals surface area contributed by atoms with Gasteiger partial charge >= 0.3 is 5.69 Å². The summed E-state index contributed by atoms with van der Waals surface area (Å²) in [5, 5.41) is 5.62. The molecule has 6 heteroatoms. The molecule has 3 N–H and O–H groups in total. The predicted octanol–water partition coefficient (Wildman–Crippen LogP) is 3.53. The lowest BCUT2D eigenvalue weighted by molar-refractivity contribution is 0.576. The number of aromatic nitrogens is 2. The zero-order valence-electron chi connectivity index (χ0n) is 10.9. The molecule has 3 rings (SSSR count). The number of hydrogen-bond donors (Lipinski definition) is 3. The summed E-state index contributed by atoms with van der Waals surface area (Å²) in [6.07, 6.45) is 0. The molecule has 3 aromatic rings. The number of nitrogens with one attached hydrogen (secondary N) is 3. The molecule has 0 spiro atoms. The molecule has 4 nitrogen and oxygen atoms in total. The highest BCUT2D eigenvalue weighted by molar-refractivity contribution is 9.11. The van der Waals surface area contributed by atoms with E-state index in [0.29, 0.717) is 0 Å².